The highest BCUT2D eigenvalue weighted by molar-refractivity contribution is 6.35. The van der Waals surface area contributed by atoms with Crippen LogP contribution < -0.4 is 10.2 Å². The first-order valence-corrected chi connectivity index (χ1v) is 11.9. The van der Waals surface area contributed by atoms with E-state index < -0.39 is 5.60 Å². The van der Waals surface area contributed by atoms with Gasteiger partial charge in [0.15, 0.2) is 5.69 Å². The van der Waals surface area contributed by atoms with Crippen molar-refractivity contribution in [1.29, 1.82) is 5.26 Å². The Labute approximate surface area is 207 Å². The summed E-state index contributed by atoms with van der Waals surface area (Å²) in [4.78, 5) is 13.5. The van der Waals surface area contributed by atoms with Gasteiger partial charge in [-0.25, -0.2) is 9.69 Å². The summed E-state index contributed by atoms with van der Waals surface area (Å²) in [7, 11) is 0. The molecule has 34 heavy (non-hydrogen) atoms. The summed E-state index contributed by atoms with van der Waals surface area (Å²) < 4.78 is 7.99. The van der Waals surface area contributed by atoms with Crippen LogP contribution in [0.3, 0.4) is 0 Å². The number of benzene rings is 2. The Kier molecular flexibility index (Phi) is 5.76. The summed E-state index contributed by atoms with van der Waals surface area (Å²) >= 11 is 12.7. The number of rotatable bonds is 3. The number of hydrogen-bond acceptors (Lipinski definition) is 5. The Morgan fingerprint density at radius 2 is 1.91 bits per heavy atom. The first kappa shape index (κ1) is 22.7. The van der Waals surface area contributed by atoms with Gasteiger partial charge in [-0.1, -0.05) is 29.6 Å². The van der Waals surface area contributed by atoms with Crippen molar-refractivity contribution < 1.29 is 9.53 Å². The number of nitriles is 1. The van der Waals surface area contributed by atoms with Gasteiger partial charge in [0.25, 0.3) is 5.91 Å². The lowest BCUT2D eigenvalue weighted by molar-refractivity contribution is 0.0720. The molecule has 0 radical (unpaired) electrons. The zero-order valence-corrected chi connectivity index (χ0v) is 20.4. The minimum atomic E-state index is -0.887. The number of amides is 1. The van der Waals surface area contributed by atoms with E-state index in [-0.39, 0.29) is 11.6 Å². The molecule has 1 aromatic heterocycles. The fraction of sp³-hybridized carbons (Fsp3) is 0.320. The van der Waals surface area contributed by atoms with Crippen LogP contribution >= 0.6 is 23.2 Å². The summed E-state index contributed by atoms with van der Waals surface area (Å²) in [6, 6.07) is 12.5. The molecule has 1 fully saturated rings. The molecule has 0 atom stereocenters. The van der Waals surface area contributed by atoms with Crippen LogP contribution in [-0.2, 0) is 5.60 Å². The number of hydrogen-bond donors (Lipinski definition) is 1. The number of piperidine rings is 1. The number of hydrazine groups is 1. The van der Waals surface area contributed by atoms with Crippen LogP contribution in [0.15, 0.2) is 36.4 Å². The molecule has 3 heterocycles. The van der Waals surface area contributed by atoms with E-state index in [1.807, 2.05) is 24.9 Å². The smallest absolute Gasteiger partial charge is 0.286 e. The van der Waals surface area contributed by atoms with Crippen LogP contribution in [0.2, 0.25) is 10.0 Å². The number of aromatic nitrogens is 2. The molecular formula is C25H23Cl2N5O2. The molecule has 7 nitrogen and oxygen atoms in total. The second kappa shape index (κ2) is 8.62. The summed E-state index contributed by atoms with van der Waals surface area (Å²) in [5.41, 5.74) is 5.56. The van der Waals surface area contributed by atoms with Gasteiger partial charge in [0.05, 0.1) is 33.6 Å². The predicted molar refractivity (Wildman–Crippen MR) is 130 cm³/mol. The Bertz CT molecular complexity index is 1340. The van der Waals surface area contributed by atoms with Gasteiger partial charge in [0.2, 0.25) is 0 Å². The van der Waals surface area contributed by atoms with Gasteiger partial charge in [-0.05, 0) is 63.1 Å². The Morgan fingerprint density at radius 1 is 1.15 bits per heavy atom. The van der Waals surface area contributed by atoms with Crippen molar-refractivity contribution in [3.63, 3.8) is 0 Å². The largest absolute Gasteiger partial charge is 0.482 e. The fourth-order valence-electron chi connectivity index (χ4n) is 4.62. The highest BCUT2D eigenvalue weighted by Gasteiger charge is 2.41. The molecule has 0 bridgehead atoms. The van der Waals surface area contributed by atoms with Crippen LogP contribution in [0.25, 0.3) is 16.9 Å². The number of fused-ring (bicyclic) bond motifs is 3. The maximum Gasteiger partial charge on any atom is 0.286 e. The number of carbonyl (C=O) groups is 1. The molecule has 9 heteroatoms. The van der Waals surface area contributed by atoms with Crippen LogP contribution in [0, 0.1) is 11.3 Å². The number of carbonyl (C=O) groups excluding carboxylic acids is 1. The van der Waals surface area contributed by atoms with E-state index in [2.05, 4.69) is 11.5 Å². The third-order valence-corrected chi connectivity index (χ3v) is 6.72. The molecule has 1 amide bonds. The van der Waals surface area contributed by atoms with Crippen molar-refractivity contribution in [3.8, 4) is 28.8 Å². The van der Waals surface area contributed by atoms with E-state index in [0.29, 0.717) is 38.3 Å². The molecule has 0 aliphatic carbocycles. The number of nitrogens with zero attached hydrogens (tertiary/aromatic N) is 4. The SMILES string of the molecule is CC1(C)Oc2cc(C#N)ccc2-c2c1c(C(=O)NN1CCCCC1)nn2-c1ccc(Cl)cc1Cl. The molecule has 0 spiro atoms. The molecule has 0 saturated carbocycles. The maximum atomic E-state index is 13.5. The lowest BCUT2D eigenvalue weighted by Crippen LogP contribution is -2.46. The first-order chi connectivity index (χ1) is 16.3. The van der Waals surface area contributed by atoms with E-state index in [4.69, 9.17) is 33.0 Å². The van der Waals surface area contributed by atoms with Crippen LogP contribution in [-0.4, -0.2) is 33.8 Å². The van der Waals surface area contributed by atoms with E-state index in [9.17, 15) is 10.1 Å². The third-order valence-electron chi connectivity index (χ3n) is 6.19. The Morgan fingerprint density at radius 3 is 2.62 bits per heavy atom. The summed E-state index contributed by atoms with van der Waals surface area (Å²) in [6.45, 7) is 5.39. The lowest BCUT2D eigenvalue weighted by atomic mass is 9.88. The van der Waals surface area contributed by atoms with Crippen molar-refractivity contribution in [3.05, 3.63) is 63.3 Å². The molecule has 3 aromatic rings. The van der Waals surface area contributed by atoms with Gasteiger partial charge in [-0.3, -0.25) is 10.2 Å². The van der Waals surface area contributed by atoms with E-state index in [1.54, 1.807) is 35.0 Å². The topological polar surface area (TPSA) is 83.2 Å². The average molecular weight is 496 g/mol. The van der Waals surface area contributed by atoms with Crippen molar-refractivity contribution in [1.82, 2.24) is 20.2 Å². The van der Waals surface area contributed by atoms with Crippen LogP contribution in [0.5, 0.6) is 5.75 Å². The van der Waals surface area contributed by atoms with Gasteiger partial charge in [-0.15, -0.1) is 0 Å². The molecule has 1 N–H and O–H groups in total. The van der Waals surface area contributed by atoms with Crippen molar-refractivity contribution in [2.75, 3.05) is 13.1 Å². The standard InChI is InChI=1S/C25H23Cl2N5O2/c1-25(2)21-22(24(33)30-31-10-4-3-5-11-31)29-32(19-9-7-16(26)13-18(19)27)23(21)17-8-6-15(14-28)12-20(17)34-25/h6-9,12-13H,3-5,10-11H2,1-2H3,(H,30,33). The van der Waals surface area contributed by atoms with Gasteiger partial charge in [0.1, 0.15) is 11.4 Å². The minimum absolute atomic E-state index is 0.270. The van der Waals surface area contributed by atoms with Crippen LogP contribution in [0.1, 0.15) is 54.7 Å². The number of halogens is 2. The predicted octanol–water partition coefficient (Wildman–Crippen LogP) is 5.48. The van der Waals surface area contributed by atoms with Gasteiger partial charge < -0.3 is 4.74 Å². The normalized spacial score (nSPS) is 16.7. The van der Waals surface area contributed by atoms with E-state index in [1.165, 1.54) is 0 Å². The van der Waals surface area contributed by atoms with Gasteiger partial charge in [0, 0.05) is 23.7 Å². The van der Waals surface area contributed by atoms with Crippen molar-refractivity contribution in [2.24, 2.45) is 0 Å². The molecule has 1 saturated heterocycles. The summed E-state index contributed by atoms with van der Waals surface area (Å²) in [5, 5.41) is 17.0. The molecule has 5 rings (SSSR count). The summed E-state index contributed by atoms with van der Waals surface area (Å²) in [5.74, 6) is 0.251. The molecule has 174 valence electrons. The quantitative estimate of drug-likeness (QED) is 0.520. The zero-order chi connectivity index (χ0) is 24.0. The molecule has 2 aliphatic heterocycles. The summed E-state index contributed by atoms with van der Waals surface area (Å²) in [6.07, 6.45) is 3.24. The van der Waals surface area contributed by atoms with Crippen LogP contribution in [0.4, 0.5) is 0 Å². The zero-order valence-electron chi connectivity index (χ0n) is 18.9. The molecule has 2 aliphatic rings. The maximum absolute atomic E-state index is 13.5. The number of ether oxygens (including phenoxy) is 1. The third kappa shape index (κ3) is 3.92. The average Bonchev–Trinajstić information content (AvgIpc) is 3.21. The molecule has 0 unspecified atom stereocenters. The van der Waals surface area contributed by atoms with Crippen molar-refractivity contribution >= 4 is 29.1 Å². The fourth-order valence-corrected chi connectivity index (χ4v) is 5.11. The van der Waals surface area contributed by atoms with Gasteiger partial charge >= 0.3 is 0 Å². The number of nitrogens with one attached hydrogen (secondary N) is 1. The Hall–Kier alpha value is -3.05. The second-order valence-corrected chi connectivity index (χ2v) is 9.85. The Balaban J connectivity index is 1.72. The molecular weight excluding hydrogens is 473 g/mol. The van der Waals surface area contributed by atoms with Gasteiger partial charge in [-0.2, -0.15) is 10.4 Å². The monoisotopic (exact) mass is 495 g/mol. The highest BCUT2D eigenvalue weighted by atomic mass is 35.5. The van der Waals surface area contributed by atoms with E-state index in [0.717, 1.165) is 37.9 Å². The molecule has 2 aromatic carbocycles. The minimum Gasteiger partial charge on any atom is -0.482 e. The highest BCUT2D eigenvalue weighted by Crippen LogP contribution is 2.48. The second-order valence-electron chi connectivity index (χ2n) is 9.00. The van der Waals surface area contributed by atoms with E-state index >= 15 is 0 Å². The lowest BCUT2D eigenvalue weighted by Gasteiger charge is -2.34. The first-order valence-electron chi connectivity index (χ1n) is 11.2. The van der Waals surface area contributed by atoms with Crippen molar-refractivity contribution in [2.45, 2.75) is 38.7 Å².